The van der Waals surface area contributed by atoms with Crippen LogP contribution < -0.4 is 10.2 Å². The van der Waals surface area contributed by atoms with Gasteiger partial charge in [0.25, 0.3) is 0 Å². The Morgan fingerprint density at radius 1 is 1.25 bits per heavy atom. The van der Waals surface area contributed by atoms with Crippen molar-refractivity contribution < 1.29 is 0 Å². The molecule has 1 aromatic rings. The van der Waals surface area contributed by atoms with E-state index in [4.69, 9.17) is 0 Å². The van der Waals surface area contributed by atoms with E-state index in [1.807, 2.05) is 0 Å². The standard InChI is InChI=1S/C16H28N4/c1-5-20(12-13-7-6-8-13)15-10-9-14(18-19-15)11-17-16(2,3)4/h9-10,13,17H,5-8,11-12H2,1-4H3. The van der Waals surface area contributed by atoms with Crippen molar-refractivity contribution in [3.63, 3.8) is 0 Å². The fourth-order valence-corrected chi connectivity index (χ4v) is 2.34. The molecule has 2 rings (SSSR count). The van der Waals surface area contributed by atoms with E-state index in [9.17, 15) is 0 Å². The van der Waals surface area contributed by atoms with Crippen LogP contribution in [0.25, 0.3) is 0 Å². The summed E-state index contributed by atoms with van der Waals surface area (Å²) in [6.07, 6.45) is 4.14. The van der Waals surface area contributed by atoms with Gasteiger partial charge < -0.3 is 10.2 Å². The summed E-state index contributed by atoms with van der Waals surface area (Å²) in [4.78, 5) is 2.35. The summed E-state index contributed by atoms with van der Waals surface area (Å²) in [6, 6.07) is 4.19. The molecule has 1 N–H and O–H groups in total. The van der Waals surface area contributed by atoms with E-state index in [1.54, 1.807) is 0 Å². The second-order valence-electron chi connectivity index (χ2n) is 6.82. The first-order valence-corrected chi connectivity index (χ1v) is 7.80. The first-order chi connectivity index (χ1) is 9.48. The van der Waals surface area contributed by atoms with Crippen molar-refractivity contribution in [3.05, 3.63) is 17.8 Å². The lowest BCUT2D eigenvalue weighted by Gasteiger charge is -2.32. The van der Waals surface area contributed by atoms with Gasteiger partial charge in [0.15, 0.2) is 5.82 Å². The monoisotopic (exact) mass is 276 g/mol. The molecule has 1 aromatic heterocycles. The van der Waals surface area contributed by atoms with Gasteiger partial charge in [0.05, 0.1) is 5.69 Å². The summed E-state index contributed by atoms with van der Waals surface area (Å²) in [6.45, 7) is 11.6. The van der Waals surface area contributed by atoms with Crippen molar-refractivity contribution in [1.82, 2.24) is 15.5 Å². The van der Waals surface area contributed by atoms with Crippen LogP contribution in [-0.2, 0) is 6.54 Å². The number of anilines is 1. The molecule has 1 aliphatic rings. The second kappa shape index (κ2) is 6.53. The predicted octanol–water partition coefficient (Wildman–Crippen LogP) is 2.99. The van der Waals surface area contributed by atoms with Crippen molar-refractivity contribution in [1.29, 1.82) is 0 Å². The van der Waals surface area contributed by atoms with Gasteiger partial charge in [-0.05, 0) is 58.6 Å². The third-order valence-electron chi connectivity index (χ3n) is 3.91. The van der Waals surface area contributed by atoms with Gasteiger partial charge in [0, 0.05) is 25.2 Å². The molecule has 0 atom stereocenters. The number of hydrogen-bond acceptors (Lipinski definition) is 4. The fourth-order valence-electron chi connectivity index (χ4n) is 2.34. The molecule has 0 radical (unpaired) electrons. The zero-order valence-electron chi connectivity index (χ0n) is 13.3. The maximum absolute atomic E-state index is 4.40. The van der Waals surface area contributed by atoms with Crippen molar-refractivity contribution in [3.8, 4) is 0 Å². The molecule has 1 fully saturated rings. The van der Waals surface area contributed by atoms with Crippen LogP contribution in [0.3, 0.4) is 0 Å². The molecule has 0 aliphatic heterocycles. The average Bonchev–Trinajstić information content (AvgIpc) is 2.35. The zero-order chi connectivity index (χ0) is 14.6. The van der Waals surface area contributed by atoms with E-state index >= 15 is 0 Å². The maximum atomic E-state index is 4.40. The molecular formula is C16H28N4. The van der Waals surface area contributed by atoms with Gasteiger partial charge >= 0.3 is 0 Å². The summed E-state index contributed by atoms with van der Waals surface area (Å²) in [5, 5.41) is 12.2. The molecule has 0 unspecified atom stereocenters. The Morgan fingerprint density at radius 3 is 2.45 bits per heavy atom. The molecular weight excluding hydrogens is 248 g/mol. The van der Waals surface area contributed by atoms with E-state index in [-0.39, 0.29) is 5.54 Å². The zero-order valence-corrected chi connectivity index (χ0v) is 13.3. The van der Waals surface area contributed by atoms with Crippen LogP contribution in [0, 0.1) is 5.92 Å². The van der Waals surface area contributed by atoms with Gasteiger partial charge in [-0.1, -0.05) is 6.42 Å². The fraction of sp³-hybridized carbons (Fsp3) is 0.750. The third-order valence-corrected chi connectivity index (χ3v) is 3.91. The molecule has 0 saturated heterocycles. The Hall–Kier alpha value is -1.16. The highest BCUT2D eigenvalue weighted by Crippen LogP contribution is 2.28. The number of aromatic nitrogens is 2. The summed E-state index contributed by atoms with van der Waals surface area (Å²) in [5.41, 5.74) is 1.11. The predicted molar refractivity (Wildman–Crippen MR) is 83.9 cm³/mol. The molecule has 1 heterocycles. The SMILES string of the molecule is CCN(CC1CCC1)c1ccc(CNC(C)(C)C)nn1. The smallest absolute Gasteiger partial charge is 0.151 e. The van der Waals surface area contributed by atoms with Crippen LogP contribution in [0.5, 0.6) is 0 Å². The minimum Gasteiger partial charge on any atom is -0.355 e. The Kier molecular flexibility index (Phi) is 4.97. The Balaban J connectivity index is 1.91. The highest BCUT2D eigenvalue weighted by atomic mass is 15.3. The van der Waals surface area contributed by atoms with Crippen LogP contribution >= 0.6 is 0 Å². The minimum absolute atomic E-state index is 0.111. The molecule has 1 aliphatic carbocycles. The number of nitrogens with zero attached hydrogens (tertiary/aromatic N) is 3. The van der Waals surface area contributed by atoms with Crippen LogP contribution in [0.2, 0.25) is 0 Å². The highest BCUT2D eigenvalue weighted by Gasteiger charge is 2.21. The minimum atomic E-state index is 0.111. The summed E-state index contributed by atoms with van der Waals surface area (Å²) < 4.78 is 0. The quantitative estimate of drug-likeness (QED) is 0.867. The summed E-state index contributed by atoms with van der Waals surface area (Å²) in [7, 11) is 0. The van der Waals surface area contributed by atoms with Crippen LogP contribution in [-0.4, -0.2) is 28.8 Å². The van der Waals surface area contributed by atoms with E-state index < -0.39 is 0 Å². The third kappa shape index (κ3) is 4.44. The maximum Gasteiger partial charge on any atom is 0.151 e. The van der Waals surface area contributed by atoms with Gasteiger partial charge in [-0.25, -0.2) is 0 Å². The summed E-state index contributed by atoms with van der Waals surface area (Å²) >= 11 is 0. The lowest BCUT2D eigenvalue weighted by molar-refractivity contribution is 0.318. The molecule has 0 bridgehead atoms. The highest BCUT2D eigenvalue weighted by molar-refractivity contribution is 5.37. The second-order valence-corrected chi connectivity index (χ2v) is 6.82. The normalized spacial score (nSPS) is 16.0. The van der Waals surface area contributed by atoms with E-state index in [0.717, 1.165) is 37.1 Å². The first-order valence-electron chi connectivity index (χ1n) is 7.80. The molecule has 0 spiro atoms. The van der Waals surface area contributed by atoms with E-state index in [2.05, 4.69) is 60.2 Å². The molecule has 0 amide bonds. The molecule has 20 heavy (non-hydrogen) atoms. The number of hydrogen-bond donors (Lipinski definition) is 1. The first kappa shape index (κ1) is 15.2. The van der Waals surface area contributed by atoms with Crippen LogP contribution in [0.1, 0.15) is 52.7 Å². The largest absolute Gasteiger partial charge is 0.355 e. The lowest BCUT2D eigenvalue weighted by Crippen LogP contribution is -2.35. The van der Waals surface area contributed by atoms with Gasteiger partial charge in [0.1, 0.15) is 0 Å². The molecule has 4 nitrogen and oxygen atoms in total. The van der Waals surface area contributed by atoms with Gasteiger partial charge in [-0.3, -0.25) is 0 Å². The molecule has 4 heteroatoms. The van der Waals surface area contributed by atoms with Crippen molar-refractivity contribution >= 4 is 5.82 Å². The van der Waals surface area contributed by atoms with Crippen LogP contribution in [0.4, 0.5) is 5.82 Å². The molecule has 1 saturated carbocycles. The Labute approximate surface area is 123 Å². The lowest BCUT2D eigenvalue weighted by atomic mass is 9.85. The van der Waals surface area contributed by atoms with Crippen LogP contribution in [0.15, 0.2) is 12.1 Å². The van der Waals surface area contributed by atoms with Gasteiger partial charge in [-0.15, -0.1) is 5.10 Å². The van der Waals surface area contributed by atoms with E-state index in [0.29, 0.717) is 0 Å². The van der Waals surface area contributed by atoms with Gasteiger partial charge in [-0.2, -0.15) is 5.10 Å². The topological polar surface area (TPSA) is 41.0 Å². The van der Waals surface area contributed by atoms with Gasteiger partial charge in [0.2, 0.25) is 0 Å². The number of rotatable bonds is 6. The van der Waals surface area contributed by atoms with E-state index in [1.165, 1.54) is 19.3 Å². The van der Waals surface area contributed by atoms with Crippen molar-refractivity contribution in [2.75, 3.05) is 18.0 Å². The van der Waals surface area contributed by atoms with Crippen molar-refractivity contribution in [2.45, 2.75) is 59.0 Å². The Morgan fingerprint density at radius 2 is 2.00 bits per heavy atom. The molecule has 112 valence electrons. The molecule has 0 aromatic carbocycles. The summed E-state index contributed by atoms with van der Waals surface area (Å²) in [5.74, 6) is 1.87. The Bertz CT molecular complexity index is 403. The van der Waals surface area contributed by atoms with Crippen molar-refractivity contribution in [2.24, 2.45) is 5.92 Å². The average molecular weight is 276 g/mol. The number of nitrogens with one attached hydrogen (secondary N) is 1.